The highest BCUT2D eigenvalue weighted by atomic mass is 127. The fourth-order valence-electron chi connectivity index (χ4n) is 1.64. The normalized spacial score (nSPS) is 10.7. The molecule has 0 unspecified atom stereocenters. The zero-order valence-corrected chi connectivity index (χ0v) is 24.4. The molecule has 202 valence electrons. The maximum absolute atomic E-state index is 10.2. The first-order valence-electron chi connectivity index (χ1n) is 10.6. The molecule has 1 rings (SSSR count). The van der Waals surface area contributed by atoms with Gasteiger partial charge in [-0.25, -0.2) is 0 Å². The summed E-state index contributed by atoms with van der Waals surface area (Å²) in [4.78, 5) is 20.4. The summed E-state index contributed by atoms with van der Waals surface area (Å²) in [6, 6.07) is 4.61. The molecule has 1 aromatic rings. The lowest BCUT2D eigenvalue weighted by Crippen LogP contribution is -3.00. The summed E-state index contributed by atoms with van der Waals surface area (Å²) >= 11 is 0. The summed E-state index contributed by atoms with van der Waals surface area (Å²) in [7, 11) is 18.5. The lowest BCUT2D eigenvalue weighted by atomic mass is 10.1. The summed E-state index contributed by atoms with van der Waals surface area (Å²) in [6.07, 6.45) is 0. The molecule has 1 aromatic carbocycles. The Bertz CT molecular complexity index is 579. The van der Waals surface area contributed by atoms with E-state index in [-0.39, 0.29) is 54.9 Å². The van der Waals surface area contributed by atoms with E-state index in [2.05, 4.69) is 63.4 Å². The van der Waals surface area contributed by atoms with Gasteiger partial charge in [0.05, 0.1) is 95.2 Å². The lowest BCUT2D eigenvalue weighted by molar-refractivity contribution is -0.870. The van der Waals surface area contributed by atoms with E-state index in [9.17, 15) is 19.8 Å². The summed E-state index contributed by atoms with van der Waals surface area (Å²) in [5.41, 5.74) is -0.111. The molecule has 0 heterocycles. The summed E-state index contributed by atoms with van der Waals surface area (Å²) in [6.45, 7) is 3.34. The molecule has 0 saturated carbocycles. The van der Waals surface area contributed by atoms with Gasteiger partial charge in [-0.05, 0) is 11.1 Å². The van der Waals surface area contributed by atoms with Crippen LogP contribution in [-0.2, 0) is 0 Å². The van der Waals surface area contributed by atoms with Gasteiger partial charge in [-0.1, -0.05) is 24.3 Å². The number of aromatic carboxylic acids is 2. The first-order valence-corrected chi connectivity index (χ1v) is 10.6. The van der Waals surface area contributed by atoms with Crippen molar-refractivity contribution in [3.63, 3.8) is 0 Å². The van der Waals surface area contributed by atoms with Gasteiger partial charge in [-0.2, -0.15) is 0 Å². The van der Waals surface area contributed by atoms with Crippen LogP contribution >= 0.6 is 0 Å². The van der Waals surface area contributed by atoms with Crippen molar-refractivity contribution in [1.29, 1.82) is 0 Å². The number of aliphatic hydroxyl groups excluding tert-OH is 3. The summed E-state index contributed by atoms with van der Waals surface area (Å²) in [5.74, 6) is -2.67. The molecule has 11 heteroatoms. The number of carbonyl (C=O) groups excluding carboxylic acids is 2. The molecule has 0 atom stereocenters. The molecule has 0 amide bonds. The molecule has 0 aliphatic heterocycles. The van der Waals surface area contributed by atoms with Crippen molar-refractivity contribution in [1.82, 2.24) is 0 Å². The van der Waals surface area contributed by atoms with Crippen LogP contribution < -0.4 is 34.2 Å². The quantitative estimate of drug-likeness (QED) is 0.199. The third-order valence-electron chi connectivity index (χ3n) is 3.67. The van der Waals surface area contributed by atoms with Crippen molar-refractivity contribution < 1.29 is 72.5 Å². The minimum absolute atomic E-state index is 0. The predicted octanol–water partition coefficient (Wildman–Crippen LogP) is -5.53. The second kappa shape index (κ2) is 19.9. The van der Waals surface area contributed by atoms with Crippen LogP contribution in [0.5, 0.6) is 0 Å². The van der Waals surface area contributed by atoms with Crippen LogP contribution in [0, 0.1) is 0 Å². The molecule has 0 aromatic heterocycles. The highest BCUT2D eigenvalue weighted by Gasteiger charge is 2.03. The van der Waals surface area contributed by atoms with Crippen molar-refractivity contribution >= 4 is 11.9 Å². The SMILES string of the molecule is C[N+](C)(C)CCO.C[N+](C)(C)CCO.C[N+](C)(C)CCO.O=C([O-])c1ccc(C(=O)[O-])cc1.[I-]. The fourth-order valence-corrected chi connectivity index (χ4v) is 1.64. The Morgan fingerprint density at radius 2 is 0.765 bits per heavy atom. The van der Waals surface area contributed by atoms with E-state index >= 15 is 0 Å². The average molecular weight is 604 g/mol. The largest absolute Gasteiger partial charge is 1.00 e. The smallest absolute Gasteiger partial charge is 0.101 e. The molecule has 0 aliphatic rings. The number of halogens is 1. The number of hydrogen-bond acceptors (Lipinski definition) is 7. The van der Waals surface area contributed by atoms with E-state index in [0.29, 0.717) is 0 Å². The number of quaternary nitrogens is 3. The van der Waals surface area contributed by atoms with E-state index < -0.39 is 11.9 Å². The number of rotatable bonds is 8. The topological polar surface area (TPSA) is 141 Å². The van der Waals surface area contributed by atoms with Crippen molar-refractivity contribution in [2.45, 2.75) is 0 Å². The maximum atomic E-state index is 10.2. The maximum Gasteiger partial charge on any atom is 0.101 e. The van der Waals surface area contributed by atoms with Crippen LogP contribution in [0.2, 0.25) is 0 Å². The molecule has 10 nitrogen and oxygen atoms in total. The van der Waals surface area contributed by atoms with Gasteiger partial charge in [0.25, 0.3) is 0 Å². The minimum Gasteiger partial charge on any atom is -1.00 e. The van der Waals surface area contributed by atoms with Crippen LogP contribution in [0.25, 0.3) is 0 Å². The number of hydrogen-bond donors (Lipinski definition) is 3. The predicted molar refractivity (Wildman–Crippen MR) is 125 cm³/mol. The standard InChI is InChI=1S/C8H6O4.3C5H14NO.HI/c9-7(10)5-1-2-6(4-3-5)8(11)12;3*1-6(2,3)4-5-7;/h1-4H,(H,9,10)(H,11,12);3*7H,4-5H2,1-3H3;1H/q;3*+1;/p-3. The number of carboxylic acids is 2. The highest BCUT2D eigenvalue weighted by Crippen LogP contribution is 2.01. The Balaban J connectivity index is -0.000000182. The Morgan fingerprint density at radius 1 is 0.588 bits per heavy atom. The van der Waals surface area contributed by atoms with Gasteiger partial charge >= 0.3 is 0 Å². The van der Waals surface area contributed by atoms with Crippen LogP contribution in [0.3, 0.4) is 0 Å². The van der Waals surface area contributed by atoms with Crippen LogP contribution in [-0.4, -0.2) is 144 Å². The second-order valence-electron chi connectivity index (χ2n) is 10.4. The first kappa shape index (κ1) is 39.8. The third kappa shape index (κ3) is 32.8. The molecule has 0 aliphatic carbocycles. The fraction of sp³-hybridized carbons (Fsp3) is 0.652. The molecule has 0 radical (unpaired) electrons. The van der Waals surface area contributed by atoms with Crippen molar-refractivity contribution in [3.05, 3.63) is 35.4 Å². The van der Waals surface area contributed by atoms with Crippen LogP contribution in [0.4, 0.5) is 0 Å². The molecule has 0 fully saturated rings. The van der Waals surface area contributed by atoms with E-state index in [1.165, 1.54) is 0 Å². The molecule has 34 heavy (non-hydrogen) atoms. The molecule has 3 N–H and O–H groups in total. The number of carboxylic acid groups (broad SMARTS) is 2. The zero-order valence-electron chi connectivity index (χ0n) is 22.2. The Morgan fingerprint density at radius 3 is 0.824 bits per heavy atom. The third-order valence-corrected chi connectivity index (χ3v) is 3.67. The van der Waals surface area contributed by atoms with Crippen LogP contribution in [0.15, 0.2) is 24.3 Å². The monoisotopic (exact) mass is 603 g/mol. The average Bonchev–Trinajstić information content (AvgIpc) is 2.60. The lowest BCUT2D eigenvalue weighted by Gasteiger charge is -2.21. The molecule has 0 spiro atoms. The van der Waals surface area contributed by atoms with E-state index in [4.69, 9.17) is 15.3 Å². The molecular formula is C23H46IN3O7. The number of benzene rings is 1. The van der Waals surface area contributed by atoms with E-state index in [0.717, 1.165) is 57.3 Å². The van der Waals surface area contributed by atoms with Gasteiger partial charge < -0.3 is 72.5 Å². The van der Waals surface area contributed by atoms with Gasteiger partial charge in [0.1, 0.15) is 19.6 Å². The number of carbonyl (C=O) groups is 2. The van der Waals surface area contributed by atoms with Gasteiger partial charge in [-0.15, -0.1) is 0 Å². The van der Waals surface area contributed by atoms with Gasteiger partial charge in [-0.3, -0.25) is 0 Å². The van der Waals surface area contributed by atoms with Gasteiger partial charge in [0.15, 0.2) is 0 Å². The van der Waals surface area contributed by atoms with E-state index in [1.807, 2.05) is 0 Å². The van der Waals surface area contributed by atoms with Crippen molar-refractivity contribution in [2.24, 2.45) is 0 Å². The molecular weight excluding hydrogens is 557 g/mol. The van der Waals surface area contributed by atoms with Crippen molar-refractivity contribution in [2.75, 3.05) is 103 Å². The summed E-state index contributed by atoms with van der Waals surface area (Å²) < 4.78 is 2.53. The van der Waals surface area contributed by atoms with Crippen LogP contribution in [0.1, 0.15) is 20.7 Å². The Kier molecular flexibility index (Phi) is 23.3. The zero-order chi connectivity index (χ0) is 26.9. The Hall–Kier alpha value is -1.35. The molecule has 0 saturated heterocycles. The van der Waals surface area contributed by atoms with Gasteiger partial charge in [0, 0.05) is 0 Å². The minimum atomic E-state index is -1.33. The van der Waals surface area contributed by atoms with Crippen molar-refractivity contribution in [3.8, 4) is 0 Å². The number of nitrogens with zero attached hydrogens (tertiary/aromatic N) is 3. The van der Waals surface area contributed by atoms with E-state index in [1.54, 1.807) is 0 Å². The summed E-state index contributed by atoms with van der Waals surface area (Å²) in [5, 5.41) is 45.6. The highest BCUT2D eigenvalue weighted by molar-refractivity contribution is 5.89. The second-order valence-corrected chi connectivity index (χ2v) is 10.4. The van der Waals surface area contributed by atoms with Gasteiger partial charge in [0.2, 0.25) is 0 Å². The molecule has 0 bridgehead atoms. The number of likely N-dealkylation sites (N-methyl/N-ethyl adjacent to an activating group) is 3. The Labute approximate surface area is 222 Å². The first-order chi connectivity index (χ1) is 14.8. The number of aliphatic hydroxyl groups is 3.